The largest absolute Gasteiger partial charge is 0.279 e. The molecule has 0 aliphatic carbocycles. The molecule has 0 fully saturated rings. The highest BCUT2D eigenvalue weighted by Gasteiger charge is 1.99. The van der Waals surface area contributed by atoms with Gasteiger partial charge in [0, 0.05) is 29.1 Å². The lowest BCUT2D eigenvalue weighted by Gasteiger charge is -2.06. The van der Waals surface area contributed by atoms with E-state index in [0.29, 0.717) is 5.70 Å². The summed E-state index contributed by atoms with van der Waals surface area (Å²) in [5.41, 5.74) is 5.99. The Kier molecular flexibility index (Phi) is 4.33. The molecule has 2 rings (SSSR count). The van der Waals surface area contributed by atoms with Gasteiger partial charge in [-0.05, 0) is 18.2 Å². The minimum atomic E-state index is 0.651. The lowest BCUT2D eigenvalue weighted by molar-refractivity contribution is 0.137. The molecule has 0 atom stereocenters. The zero-order valence-corrected chi connectivity index (χ0v) is 10.7. The van der Waals surface area contributed by atoms with Crippen LogP contribution in [-0.4, -0.2) is 12.1 Å². The van der Waals surface area contributed by atoms with Crippen molar-refractivity contribution in [3.63, 3.8) is 0 Å². The molecule has 0 aliphatic heterocycles. The average molecular weight is 250 g/mol. The summed E-state index contributed by atoms with van der Waals surface area (Å²) in [6, 6.07) is 11.7. The van der Waals surface area contributed by atoms with E-state index in [4.69, 9.17) is 4.84 Å². The van der Waals surface area contributed by atoms with Crippen molar-refractivity contribution < 1.29 is 4.84 Å². The van der Waals surface area contributed by atoms with Gasteiger partial charge in [0.1, 0.15) is 0 Å². The zero-order valence-electron chi connectivity index (χ0n) is 10.7. The molecule has 1 N–H and O–H groups in total. The zero-order chi connectivity index (χ0) is 13.5. The lowest BCUT2D eigenvalue weighted by Crippen LogP contribution is -2.09. The molecule has 0 amide bonds. The lowest BCUT2D eigenvalue weighted by atomic mass is 10.1. The number of benzene rings is 1. The number of rotatable bonds is 3. The van der Waals surface area contributed by atoms with Crippen LogP contribution in [0.2, 0.25) is 0 Å². The van der Waals surface area contributed by atoms with Crippen molar-refractivity contribution in [1.29, 1.82) is 0 Å². The summed E-state index contributed by atoms with van der Waals surface area (Å²) in [5, 5.41) is 0. The van der Waals surface area contributed by atoms with Gasteiger partial charge in [-0.3, -0.25) is 15.3 Å². The van der Waals surface area contributed by atoms with Crippen LogP contribution in [0.4, 0.5) is 0 Å². The molecular formula is C16H14N2O. The highest BCUT2D eigenvalue weighted by Crippen LogP contribution is 2.09. The van der Waals surface area contributed by atoms with E-state index in [-0.39, 0.29) is 0 Å². The highest BCUT2D eigenvalue weighted by molar-refractivity contribution is 5.61. The second-order valence-electron chi connectivity index (χ2n) is 3.86. The minimum Gasteiger partial charge on any atom is -0.279 e. The fourth-order valence-corrected chi connectivity index (χ4v) is 1.52. The maximum Gasteiger partial charge on any atom is 0.0636 e. The van der Waals surface area contributed by atoms with E-state index < -0.39 is 0 Å². The van der Waals surface area contributed by atoms with Crippen LogP contribution in [0, 0.1) is 11.8 Å². The van der Waals surface area contributed by atoms with Crippen molar-refractivity contribution in [2.75, 3.05) is 7.11 Å². The first kappa shape index (κ1) is 12.9. The third-order valence-electron chi connectivity index (χ3n) is 2.44. The van der Waals surface area contributed by atoms with Crippen LogP contribution < -0.4 is 5.48 Å². The predicted octanol–water partition coefficient (Wildman–Crippen LogP) is 2.60. The monoisotopic (exact) mass is 250 g/mol. The van der Waals surface area contributed by atoms with Crippen molar-refractivity contribution in [2.24, 2.45) is 0 Å². The fourth-order valence-electron chi connectivity index (χ4n) is 1.52. The Morgan fingerprint density at radius 1 is 1.16 bits per heavy atom. The SMILES string of the molecule is C=C(NOC)c1cncc(C#Cc2ccccc2)c1. The van der Waals surface area contributed by atoms with Crippen molar-refractivity contribution in [3.8, 4) is 11.8 Å². The van der Waals surface area contributed by atoms with E-state index >= 15 is 0 Å². The number of pyridine rings is 1. The third-order valence-corrected chi connectivity index (χ3v) is 2.44. The maximum absolute atomic E-state index is 4.81. The summed E-state index contributed by atoms with van der Waals surface area (Å²) in [6.07, 6.45) is 3.43. The van der Waals surface area contributed by atoms with E-state index in [9.17, 15) is 0 Å². The highest BCUT2D eigenvalue weighted by atomic mass is 16.6. The van der Waals surface area contributed by atoms with E-state index in [1.807, 2.05) is 36.4 Å². The van der Waals surface area contributed by atoms with E-state index in [2.05, 4.69) is 28.9 Å². The van der Waals surface area contributed by atoms with E-state index in [1.54, 1.807) is 12.4 Å². The molecule has 0 unspecified atom stereocenters. The first-order valence-corrected chi connectivity index (χ1v) is 5.80. The quantitative estimate of drug-likeness (QED) is 0.671. The normalized spacial score (nSPS) is 9.32. The first-order valence-electron chi connectivity index (χ1n) is 5.80. The number of hydroxylamine groups is 1. The molecule has 3 heteroatoms. The predicted molar refractivity (Wildman–Crippen MR) is 75.8 cm³/mol. The number of aromatic nitrogens is 1. The smallest absolute Gasteiger partial charge is 0.0636 e. The molecule has 0 spiro atoms. The summed E-state index contributed by atoms with van der Waals surface area (Å²) in [7, 11) is 1.54. The maximum atomic E-state index is 4.81. The van der Waals surface area contributed by atoms with E-state index in [1.165, 1.54) is 7.11 Å². The number of nitrogens with one attached hydrogen (secondary N) is 1. The molecule has 0 aliphatic rings. The van der Waals surface area contributed by atoms with Crippen LogP contribution in [0.5, 0.6) is 0 Å². The van der Waals surface area contributed by atoms with Crippen LogP contribution in [0.25, 0.3) is 5.70 Å². The van der Waals surface area contributed by atoms with Gasteiger partial charge in [0.05, 0.1) is 12.8 Å². The Hall–Kier alpha value is -2.57. The summed E-state index contributed by atoms with van der Waals surface area (Å²) < 4.78 is 0. The summed E-state index contributed by atoms with van der Waals surface area (Å²) in [6.45, 7) is 3.85. The van der Waals surface area contributed by atoms with Crippen molar-refractivity contribution in [3.05, 3.63) is 72.1 Å². The molecule has 1 aromatic heterocycles. The first-order chi connectivity index (χ1) is 9.29. The van der Waals surface area contributed by atoms with Crippen LogP contribution in [0.15, 0.2) is 55.4 Å². The van der Waals surface area contributed by atoms with Gasteiger partial charge in [0.15, 0.2) is 0 Å². The number of nitrogens with zero attached hydrogens (tertiary/aromatic N) is 1. The molecule has 2 aromatic rings. The van der Waals surface area contributed by atoms with Crippen molar-refractivity contribution >= 4 is 5.70 Å². The second-order valence-corrected chi connectivity index (χ2v) is 3.86. The Labute approximate surface area is 112 Å². The summed E-state index contributed by atoms with van der Waals surface area (Å²) in [4.78, 5) is 8.96. The van der Waals surface area contributed by atoms with Gasteiger partial charge in [0.2, 0.25) is 0 Å². The third kappa shape index (κ3) is 3.70. The minimum absolute atomic E-state index is 0.651. The molecule has 19 heavy (non-hydrogen) atoms. The van der Waals surface area contributed by atoms with Gasteiger partial charge in [0.25, 0.3) is 0 Å². The Balaban J connectivity index is 2.21. The fraction of sp³-hybridized carbons (Fsp3) is 0.0625. The van der Waals surface area contributed by atoms with Crippen LogP contribution in [0.1, 0.15) is 16.7 Å². The van der Waals surface area contributed by atoms with Gasteiger partial charge in [-0.2, -0.15) is 0 Å². The van der Waals surface area contributed by atoms with Crippen LogP contribution >= 0.6 is 0 Å². The van der Waals surface area contributed by atoms with Gasteiger partial charge < -0.3 is 0 Å². The molecule has 94 valence electrons. The second kappa shape index (κ2) is 6.39. The molecule has 0 bridgehead atoms. The molecule has 3 nitrogen and oxygen atoms in total. The standard InChI is InChI=1S/C16H14N2O/c1-13(18-19-2)16-10-15(11-17-12-16)9-8-14-6-4-3-5-7-14/h3-7,10-12,18H,1H2,2H3. The van der Waals surface area contributed by atoms with Gasteiger partial charge in [-0.1, -0.05) is 36.6 Å². The Morgan fingerprint density at radius 2 is 1.89 bits per heavy atom. The molecule has 0 radical (unpaired) electrons. The topological polar surface area (TPSA) is 34.1 Å². The van der Waals surface area contributed by atoms with Crippen LogP contribution in [0.3, 0.4) is 0 Å². The van der Waals surface area contributed by atoms with Crippen molar-refractivity contribution in [2.45, 2.75) is 0 Å². The van der Waals surface area contributed by atoms with Gasteiger partial charge in [-0.25, -0.2) is 0 Å². The number of hydrogen-bond donors (Lipinski definition) is 1. The van der Waals surface area contributed by atoms with Gasteiger partial charge >= 0.3 is 0 Å². The molecular weight excluding hydrogens is 236 g/mol. The van der Waals surface area contributed by atoms with Crippen LogP contribution in [-0.2, 0) is 4.84 Å². The van der Waals surface area contributed by atoms with Gasteiger partial charge in [-0.15, -0.1) is 0 Å². The van der Waals surface area contributed by atoms with Crippen molar-refractivity contribution in [1.82, 2.24) is 10.5 Å². The number of hydrogen-bond acceptors (Lipinski definition) is 3. The Morgan fingerprint density at radius 3 is 2.63 bits per heavy atom. The molecule has 0 saturated carbocycles. The molecule has 0 saturated heterocycles. The molecule has 1 heterocycles. The summed E-state index contributed by atoms with van der Waals surface area (Å²) >= 11 is 0. The van der Waals surface area contributed by atoms with E-state index in [0.717, 1.165) is 16.7 Å². The molecule has 1 aromatic carbocycles. The Bertz CT molecular complexity index is 624. The average Bonchev–Trinajstić information content (AvgIpc) is 2.47. The summed E-state index contributed by atoms with van der Waals surface area (Å²) in [5.74, 6) is 6.16.